The third-order valence-corrected chi connectivity index (χ3v) is 6.09. The van der Waals surface area contributed by atoms with Crippen LogP contribution in [0.5, 0.6) is 5.75 Å². The molecule has 2 fully saturated rings. The Hall–Kier alpha value is -1.72. The molecule has 3 aliphatic rings. The molecule has 0 aromatic heterocycles. The van der Waals surface area contributed by atoms with Gasteiger partial charge in [-0.1, -0.05) is 19.3 Å². The van der Waals surface area contributed by atoms with Gasteiger partial charge in [-0.25, -0.2) is 13.2 Å². The molecule has 1 N–H and O–H groups in total. The van der Waals surface area contributed by atoms with Gasteiger partial charge in [-0.15, -0.1) is 0 Å². The molecule has 1 aliphatic heterocycles. The first-order valence-corrected chi connectivity index (χ1v) is 9.02. The standard InChI is InChI=1S/C19H22F3NO2/c20-12-6-7-15-13(8-12)19(10-25-15)9-14(19)18(24)23-16(17(21)22)11-4-2-1-3-5-11/h6-8,11,14,16-17H,1-5,9-10H2,(H,23,24)/t14?,16-,19?/m1/s1. The fourth-order valence-electron chi connectivity index (χ4n) is 4.55. The number of rotatable bonds is 4. The Morgan fingerprint density at radius 3 is 2.72 bits per heavy atom. The minimum atomic E-state index is -2.56. The normalized spacial score (nSPS) is 29.4. The Morgan fingerprint density at radius 1 is 1.24 bits per heavy atom. The molecule has 2 aliphatic carbocycles. The molecule has 4 rings (SSSR count). The monoisotopic (exact) mass is 353 g/mol. The van der Waals surface area contributed by atoms with Crippen molar-refractivity contribution >= 4 is 5.91 Å². The fraction of sp³-hybridized carbons (Fsp3) is 0.632. The predicted octanol–water partition coefficient (Wildman–Crippen LogP) is 3.81. The van der Waals surface area contributed by atoms with Gasteiger partial charge in [-0.05, 0) is 43.4 Å². The summed E-state index contributed by atoms with van der Waals surface area (Å²) in [4.78, 5) is 12.6. The molecular formula is C19H22F3NO2. The maximum Gasteiger partial charge on any atom is 0.258 e. The molecule has 1 heterocycles. The molecule has 2 unspecified atom stereocenters. The molecule has 3 atom stereocenters. The van der Waals surface area contributed by atoms with E-state index < -0.39 is 23.8 Å². The van der Waals surface area contributed by atoms with E-state index in [2.05, 4.69) is 5.32 Å². The molecular weight excluding hydrogens is 331 g/mol. The van der Waals surface area contributed by atoms with Gasteiger partial charge in [0.25, 0.3) is 6.43 Å². The van der Waals surface area contributed by atoms with Crippen molar-refractivity contribution in [1.82, 2.24) is 5.32 Å². The second kappa shape index (κ2) is 6.22. The summed E-state index contributed by atoms with van der Waals surface area (Å²) in [6, 6.07) is 3.21. The van der Waals surface area contributed by atoms with E-state index in [4.69, 9.17) is 4.74 Å². The van der Waals surface area contributed by atoms with E-state index in [1.807, 2.05) is 0 Å². The van der Waals surface area contributed by atoms with Gasteiger partial charge in [-0.2, -0.15) is 0 Å². The Bertz CT molecular complexity index is 675. The van der Waals surface area contributed by atoms with Crippen molar-refractivity contribution in [3.8, 4) is 5.75 Å². The lowest BCUT2D eigenvalue weighted by Gasteiger charge is -2.30. The number of ether oxygens (including phenoxy) is 1. The summed E-state index contributed by atoms with van der Waals surface area (Å²) in [7, 11) is 0. The van der Waals surface area contributed by atoms with Crippen LogP contribution in [0.2, 0.25) is 0 Å². The number of amides is 1. The average Bonchev–Trinajstić information content (AvgIpc) is 3.24. The van der Waals surface area contributed by atoms with Gasteiger partial charge in [0.15, 0.2) is 0 Å². The number of nitrogens with one attached hydrogen (secondary N) is 1. The van der Waals surface area contributed by atoms with Crippen LogP contribution in [-0.4, -0.2) is 25.0 Å². The number of carbonyl (C=O) groups excluding carboxylic acids is 1. The van der Waals surface area contributed by atoms with E-state index >= 15 is 0 Å². The lowest BCUT2D eigenvalue weighted by molar-refractivity contribution is -0.125. The first kappa shape index (κ1) is 16.7. The van der Waals surface area contributed by atoms with E-state index in [1.165, 1.54) is 12.1 Å². The lowest BCUT2D eigenvalue weighted by atomic mass is 9.84. The third-order valence-electron chi connectivity index (χ3n) is 6.09. The van der Waals surface area contributed by atoms with Crippen molar-refractivity contribution < 1.29 is 22.7 Å². The zero-order valence-electron chi connectivity index (χ0n) is 13.9. The SMILES string of the molecule is O=C(N[C@@H](C(F)F)C1CCCCC1)C1CC12COc1ccc(F)cc12. The molecule has 0 bridgehead atoms. The minimum Gasteiger partial charge on any atom is -0.492 e. The van der Waals surface area contributed by atoms with Crippen molar-refractivity contribution in [1.29, 1.82) is 0 Å². The first-order chi connectivity index (χ1) is 12.0. The number of benzene rings is 1. The van der Waals surface area contributed by atoms with Gasteiger partial charge in [-0.3, -0.25) is 4.79 Å². The number of hydrogen-bond donors (Lipinski definition) is 1. The van der Waals surface area contributed by atoms with Crippen molar-refractivity contribution in [3.05, 3.63) is 29.6 Å². The summed E-state index contributed by atoms with van der Waals surface area (Å²) in [6.07, 6.45) is 2.40. The summed E-state index contributed by atoms with van der Waals surface area (Å²) in [5, 5.41) is 2.61. The van der Waals surface area contributed by atoms with Gasteiger partial charge >= 0.3 is 0 Å². The third kappa shape index (κ3) is 2.89. The Labute approximate surface area is 144 Å². The second-order valence-corrected chi connectivity index (χ2v) is 7.61. The van der Waals surface area contributed by atoms with Gasteiger partial charge in [0.05, 0.1) is 18.6 Å². The number of alkyl halides is 2. The van der Waals surface area contributed by atoms with Crippen LogP contribution in [0.4, 0.5) is 13.2 Å². The smallest absolute Gasteiger partial charge is 0.258 e. The van der Waals surface area contributed by atoms with Crippen LogP contribution in [0.15, 0.2) is 18.2 Å². The molecule has 136 valence electrons. The zero-order chi connectivity index (χ0) is 17.6. The highest BCUT2D eigenvalue weighted by atomic mass is 19.3. The van der Waals surface area contributed by atoms with E-state index in [9.17, 15) is 18.0 Å². The molecule has 1 amide bonds. The molecule has 1 aromatic carbocycles. The highest BCUT2D eigenvalue weighted by Gasteiger charge is 2.63. The molecule has 2 saturated carbocycles. The lowest BCUT2D eigenvalue weighted by Crippen LogP contribution is -2.47. The van der Waals surface area contributed by atoms with Gasteiger partial charge in [0, 0.05) is 11.0 Å². The Morgan fingerprint density at radius 2 is 2.00 bits per heavy atom. The van der Waals surface area contributed by atoms with Crippen molar-refractivity contribution in [3.63, 3.8) is 0 Å². The number of halogens is 3. The van der Waals surface area contributed by atoms with Crippen LogP contribution in [-0.2, 0) is 10.2 Å². The topological polar surface area (TPSA) is 38.3 Å². The highest BCUT2D eigenvalue weighted by Crippen LogP contribution is 2.60. The number of hydrogen-bond acceptors (Lipinski definition) is 2. The van der Waals surface area contributed by atoms with E-state index in [0.717, 1.165) is 32.1 Å². The summed E-state index contributed by atoms with van der Waals surface area (Å²) >= 11 is 0. The van der Waals surface area contributed by atoms with Crippen LogP contribution in [0.25, 0.3) is 0 Å². The maximum absolute atomic E-state index is 13.6. The number of carbonyl (C=O) groups is 1. The Balaban J connectivity index is 1.47. The summed E-state index contributed by atoms with van der Waals surface area (Å²) in [5.74, 6) is -0.703. The van der Waals surface area contributed by atoms with Crippen LogP contribution >= 0.6 is 0 Å². The predicted molar refractivity (Wildman–Crippen MR) is 86.2 cm³/mol. The second-order valence-electron chi connectivity index (χ2n) is 7.61. The van der Waals surface area contributed by atoms with Gasteiger partial charge in [0.2, 0.25) is 5.91 Å². The average molecular weight is 353 g/mol. The van der Waals surface area contributed by atoms with Crippen LogP contribution in [0, 0.1) is 17.7 Å². The molecule has 0 radical (unpaired) electrons. The summed E-state index contributed by atoms with van der Waals surface area (Å²) in [5.41, 5.74) is 0.153. The van der Waals surface area contributed by atoms with Crippen molar-refractivity contribution in [2.75, 3.05) is 6.61 Å². The quantitative estimate of drug-likeness (QED) is 0.894. The van der Waals surface area contributed by atoms with E-state index in [0.29, 0.717) is 24.3 Å². The zero-order valence-corrected chi connectivity index (χ0v) is 13.9. The van der Waals surface area contributed by atoms with Crippen LogP contribution in [0.3, 0.4) is 0 Å². The maximum atomic E-state index is 13.6. The van der Waals surface area contributed by atoms with Crippen molar-refractivity contribution in [2.24, 2.45) is 11.8 Å². The molecule has 1 spiro atoms. The Kier molecular flexibility index (Phi) is 4.16. The summed E-state index contributed by atoms with van der Waals surface area (Å²) < 4.78 is 46.1. The fourth-order valence-corrected chi connectivity index (χ4v) is 4.55. The molecule has 6 heteroatoms. The van der Waals surface area contributed by atoms with E-state index in [-0.39, 0.29) is 17.6 Å². The highest BCUT2D eigenvalue weighted by molar-refractivity contribution is 5.85. The molecule has 3 nitrogen and oxygen atoms in total. The van der Waals surface area contributed by atoms with Crippen LogP contribution in [0.1, 0.15) is 44.1 Å². The van der Waals surface area contributed by atoms with E-state index in [1.54, 1.807) is 6.07 Å². The summed E-state index contributed by atoms with van der Waals surface area (Å²) in [6.45, 7) is 0.312. The number of fused-ring (bicyclic) bond motifs is 2. The van der Waals surface area contributed by atoms with Crippen molar-refractivity contribution in [2.45, 2.75) is 56.4 Å². The molecule has 25 heavy (non-hydrogen) atoms. The minimum absolute atomic E-state index is 0.156. The first-order valence-electron chi connectivity index (χ1n) is 9.02. The largest absolute Gasteiger partial charge is 0.492 e. The van der Waals surface area contributed by atoms with Gasteiger partial charge < -0.3 is 10.1 Å². The molecule has 0 saturated heterocycles. The van der Waals surface area contributed by atoms with Gasteiger partial charge in [0.1, 0.15) is 11.6 Å². The molecule has 1 aromatic rings. The van der Waals surface area contributed by atoms with Crippen LogP contribution < -0.4 is 10.1 Å².